The first kappa shape index (κ1) is 20.7. The number of carbonyl (C=O) groups is 1. The molecule has 0 saturated heterocycles. The minimum absolute atomic E-state index is 0.108. The van der Waals surface area contributed by atoms with Crippen molar-refractivity contribution in [1.82, 2.24) is 10.3 Å². The van der Waals surface area contributed by atoms with E-state index in [1.54, 1.807) is 18.5 Å². The van der Waals surface area contributed by atoms with Gasteiger partial charge in [-0.1, -0.05) is 25.4 Å². The van der Waals surface area contributed by atoms with E-state index in [4.69, 9.17) is 22.1 Å². The molecular weight excluding hydrogens is 376 g/mol. The normalized spacial score (nSPS) is 21.4. The number of aromatic nitrogens is 1. The Morgan fingerprint density at radius 1 is 1.46 bits per heavy atom. The van der Waals surface area contributed by atoms with E-state index in [1.807, 2.05) is 0 Å². The molecule has 7 heteroatoms. The van der Waals surface area contributed by atoms with Crippen LogP contribution >= 0.6 is 11.6 Å². The highest BCUT2D eigenvalue weighted by Gasteiger charge is 2.42. The van der Waals surface area contributed by atoms with Crippen LogP contribution in [0, 0.1) is 5.41 Å². The minimum atomic E-state index is -0.303. The molecule has 0 amide bonds. The molecule has 0 fully saturated rings. The number of Topliss-reactive ketones (excluding diaryl/α,β-unsaturated/α-hetero) is 1. The van der Waals surface area contributed by atoms with Crippen LogP contribution in [-0.4, -0.2) is 43.8 Å². The average Bonchev–Trinajstić information content (AvgIpc) is 2.62. The van der Waals surface area contributed by atoms with Gasteiger partial charge in [-0.05, 0) is 30.2 Å². The second-order valence-electron chi connectivity index (χ2n) is 8.02. The number of hydrogen-bond acceptors (Lipinski definition) is 6. The molecule has 6 nitrogen and oxygen atoms in total. The monoisotopic (exact) mass is 402 g/mol. The Bertz CT molecular complexity index is 845. The molecule has 2 heterocycles. The van der Waals surface area contributed by atoms with Crippen LogP contribution in [0.1, 0.15) is 38.2 Å². The summed E-state index contributed by atoms with van der Waals surface area (Å²) in [5.41, 5.74) is 9.80. The van der Waals surface area contributed by atoms with Gasteiger partial charge in [0.15, 0.2) is 5.78 Å². The average molecular weight is 403 g/mol. The van der Waals surface area contributed by atoms with E-state index in [1.165, 1.54) is 0 Å². The molecule has 28 heavy (non-hydrogen) atoms. The van der Waals surface area contributed by atoms with Gasteiger partial charge in [0, 0.05) is 58.8 Å². The molecule has 150 valence electrons. The number of hydrogen-bond donors (Lipinski definition) is 2. The number of nitrogens with one attached hydrogen (secondary N) is 1. The Hall–Kier alpha value is -2.02. The number of nitrogens with two attached hydrogens (primary N) is 1. The van der Waals surface area contributed by atoms with E-state index in [0.29, 0.717) is 37.7 Å². The number of pyridine rings is 1. The quantitative estimate of drug-likeness (QED) is 0.540. The molecule has 2 aliphatic rings. The van der Waals surface area contributed by atoms with Crippen LogP contribution < -0.4 is 11.1 Å². The summed E-state index contributed by atoms with van der Waals surface area (Å²) < 4.78 is 5.71. The number of halogens is 1. The molecule has 1 aromatic rings. The molecule has 0 saturated carbocycles. The summed E-state index contributed by atoms with van der Waals surface area (Å²) in [6, 6.07) is 1.75. The predicted molar refractivity (Wildman–Crippen MR) is 111 cm³/mol. The first-order chi connectivity index (χ1) is 13.4. The maximum atomic E-state index is 13.2. The maximum absolute atomic E-state index is 13.2. The van der Waals surface area contributed by atoms with E-state index in [9.17, 15) is 4.79 Å². The van der Waals surface area contributed by atoms with Gasteiger partial charge in [0.1, 0.15) is 0 Å². The van der Waals surface area contributed by atoms with E-state index in [2.05, 4.69) is 35.9 Å². The molecule has 0 aromatic carbocycles. The molecule has 0 bridgehead atoms. The van der Waals surface area contributed by atoms with Gasteiger partial charge in [0.05, 0.1) is 19.8 Å². The van der Waals surface area contributed by atoms with Crippen molar-refractivity contribution < 1.29 is 9.53 Å². The third-order valence-corrected chi connectivity index (χ3v) is 5.49. The smallest absolute Gasteiger partial charge is 0.162 e. The Morgan fingerprint density at radius 2 is 2.25 bits per heavy atom. The first-order valence-electron chi connectivity index (χ1n) is 9.43. The summed E-state index contributed by atoms with van der Waals surface area (Å²) in [4.78, 5) is 21.5. The molecule has 1 aliphatic heterocycles. The fourth-order valence-electron chi connectivity index (χ4n) is 4.03. The van der Waals surface area contributed by atoms with Gasteiger partial charge in [-0.25, -0.2) is 0 Å². The number of ether oxygens (including phenoxy) is 1. The Balaban J connectivity index is 2.14. The van der Waals surface area contributed by atoms with Crippen LogP contribution in [0.4, 0.5) is 0 Å². The molecule has 1 aliphatic carbocycles. The van der Waals surface area contributed by atoms with Crippen molar-refractivity contribution >= 4 is 24.1 Å². The highest BCUT2D eigenvalue weighted by atomic mass is 35.5. The van der Waals surface area contributed by atoms with Crippen molar-refractivity contribution in [3.63, 3.8) is 0 Å². The summed E-state index contributed by atoms with van der Waals surface area (Å²) >= 11 is 6.52. The number of dihydropyridines is 1. The van der Waals surface area contributed by atoms with E-state index in [0.717, 1.165) is 34.5 Å². The molecular formula is C21H27ClN4O2. The highest BCUT2D eigenvalue weighted by Crippen LogP contribution is 2.47. The second kappa shape index (κ2) is 8.55. The zero-order valence-corrected chi connectivity index (χ0v) is 17.2. The lowest BCUT2D eigenvalue weighted by Gasteiger charge is -2.40. The zero-order valence-electron chi connectivity index (χ0n) is 16.4. The SMILES string of the molecule is C=NCC1=C(COCCN)NC2=C(C(=O)CC(C)(C)C2)C1c1cnccc1Cl. The Morgan fingerprint density at radius 3 is 2.93 bits per heavy atom. The first-order valence-corrected chi connectivity index (χ1v) is 9.80. The molecule has 3 rings (SSSR count). The van der Waals surface area contributed by atoms with Crippen LogP contribution in [0.15, 0.2) is 46.0 Å². The van der Waals surface area contributed by atoms with Gasteiger partial charge in [-0.15, -0.1) is 0 Å². The minimum Gasteiger partial charge on any atom is -0.374 e. The van der Waals surface area contributed by atoms with Gasteiger partial charge in [-0.3, -0.25) is 14.8 Å². The van der Waals surface area contributed by atoms with Gasteiger partial charge in [0.25, 0.3) is 0 Å². The van der Waals surface area contributed by atoms with Crippen LogP contribution in [0.5, 0.6) is 0 Å². The molecule has 1 aromatic heterocycles. The van der Waals surface area contributed by atoms with Crippen molar-refractivity contribution in [2.45, 2.75) is 32.6 Å². The van der Waals surface area contributed by atoms with Crippen molar-refractivity contribution in [3.05, 3.63) is 51.6 Å². The second-order valence-corrected chi connectivity index (χ2v) is 8.42. The predicted octanol–water partition coefficient (Wildman–Crippen LogP) is 3.00. The van der Waals surface area contributed by atoms with Gasteiger partial charge >= 0.3 is 0 Å². The van der Waals surface area contributed by atoms with Gasteiger partial charge < -0.3 is 15.8 Å². The summed E-state index contributed by atoms with van der Waals surface area (Å²) in [6.45, 7) is 9.51. The third kappa shape index (κ3) is 4.19. The molecule has 1 unspecified atom stereocenters. The largest absolute Gasteiger partial charge is 0.374 e. The Kier molecular flexibility index (Phi) is 6.33. The molecule has 1 atom stereocenters. The number of ketones is 1. The fourth-order valence-corrected chi connectivity index (χ4v) is 4.25. The number of nitrogens with zero attached hydrogens (tertiary/aromatic N) is 2. The third-order valence-electron chi connectivity index (χ3n) is 5.14. The van der Waals surface area contributed by atoms with Gasteiger partial charge in [-0.2, -0.15) is 0 Å². The summed E-state index contributed by atoms with van der Waals surface area (Å²) in [6.07, 6.45) is 4.65. The Labute approximate surface area is 170 Å². The van der Waals surface area contributed by atoms with Crippen LogP contribution in [0.3, 0.4) is 0 Å². The summed E-state index contributed by atoms with van der Waals surface area (Å²) in [7, 11) is 0. The van der Waals surface area contributed by atoms with E-state index >= 15 is 0 Å². The van der Waals surface area contributed by atoms with Crippen molar-refractivity contribution in [2.75, 3.05) is 26.3 Å². The number of allylic oxidation sites excluding steroid dienone is 2. The van der Waals surface area contributed by atoms with Crippen molar-refractivity contribution in [3.8, 4) is 0 Å². The molecule has 0 radical (unpaired) electrons. The van der Waals surface area contributed by atoms with Crippen LogP contribution in [0.2, 0.25) is 5.02 Å². The summed E-state index contributed by atoms with van der Waals surface area (Å²) in [5.74, 6) is -0.171. The van der Waals surface area contributed by atoms with Crippen LogP contribution in [0.25, 0.3) is 0 Å². The number of rotatable bonds is 7. The number of aliphatic imine (C=N–C) groups is 1. The van der Waals surface area contributed by atoms with Crippen LogP contribution in [-0.2, 0) is 9.53 Å². The van der Waals surface area contributed by atoms with Crippen molar-refractivity contribution in [1.29, 1.82) is 0 Å². The number of carbonyl (C=O) groups excluding carboxylic acids is 1. The van der Waals surface area contributed by atoms with E-state index < -0.39 is 0 Å². The van der Waals surface area contributed by atoms with E-state index in [-0.39, 0.29) is 17.1 Å². The lowest BCUT2D eigenvalue weighted by Crippen LogP contribution is -2.39. The lowest BCUT2D eigenvalue weighted by molar-refractivity contribution is -0.118. The van der Waals surface area contributed by atoms with Gasteiger partial charge in [0.2, 0.25) is 0 Å². The lowest BCUT2D eigenvalue weighted by atomic mass is 9.68. The maximum Gasteiger partial charge on any atom is 0.162 e. The zero-order chi connectivity index (χ0) is 20.3. The highest BCUT2D eigenvalue weighted by molar-refractivity contribution is 6.31. The summed E-state index contributed by atoms with van der Waals surface area (Å²) in [5, 5.41) is 4.05. The molecule has 3 N–H and O–H groups in total. The van der Waals surface area contributed by atoms with Crippen molar-refractivity contribution in [2.24, 2.45) is 16.1 Å². The topological polar surface area (TPSA) is 89.6 Å². The standard InChI is InChI=1S/C21H27ClN4O2/c1-21(2)8-16-20(18(27)9-21)19(13-11-25-6-4-15(13)22)14(10-24-3)17(26-16)12-28-7-5-23/h4,6,11,19,26H,3,5,7-10,12,23H2,1-2H3. The molecule has 0 spiro atoms. The fraction of sp³-hybridized carbons (Fsp3) is 0.476.